The summed E-state index contributed by atoms with van der Waals surface area (Å²) in [6.45, 7) is 5.17. The highest BCUT2D eigenvalue weighted by Gasteiger charge is 2.50. The molecule has 5 aromatic rings. The Morgan fingerprint density at radius 1 is 0.760 bits per heavy atom. The van der Waals surface area contributed by atoms with Gasteiger partial charge in [0.1, 0.15) is 41.4 Å². The molecule has 2 aromatic heterocycles. The predicted octanol–water partition coefficient (Wildman–Crippen LogP) is 2.71. The highest BCUT2D eigenvalue weighted by molar-refractivity contribution is 7.86. The topological polar surface area (TPSA) is 601 Å². The monoisotopic (exact) mass is 1510 g/mol. The van der Waals surface area contributed by atoms with Gasteiger partial charge in [-0.1, -0.05) is 25.0 Å². The summed E-state index contributed by atoms with van der Waals surface area (Å²) in [4.78, 5) is 102. The molecule has 0 aliphatic carbocycles. The lowest BCUT2D eigenvalue weighted by molar-refractivity contribution is -0.568. The minimum Gasteiger partial charge on any atom is -0.748 e. The van der Waals surface area contributed by atoms with Crippen LogP contribution in [0.4, 0.5) is 11.5 Å². The fraction of sp³-hybridized carbons (Fsp3) is 0.388. The number of hydrogen-bond acceptors (Lipinski definition) is 28. The molecule has 4 aliphatic rings. The van der Waals surface area contributed by atoms with Gasteiger partial charge in [-0.2, -0.15) is 30.0 Å². The molecule has 6 unspecified atom stereocenters. The number of carbonyl (C=O) groups excluding carboxylic acids is 1. The average molecular weight is 1510 g/mol. The Morgan fingerprint density at radius 3 is 2.00 bits per heavy atom. The van der Waals surface area contributed by atoms with Crippen molar-refractivity contribution in [3.8, 4) is 11.5 Å². The minimum atomic E-state index is -6.57. The number of aliphatic hydroxyl groups is 1. The number of benzene rings is 3. The molecule has 96 heavy (non-hydrogen) atoms. The smallest absolute Gasteiger partial charge is 0.490 e. The molecule has 0 saturated carbocycles. The van der Waals surface area contributed by atoms with Crippen LogP contribution in [0.5, 0.6) is 11.5 Å². The lowest BCUT2D eigenvalue weighted by atomic mass is 9.84. The van der Waals surface area contributed by atoms with Crippen LogP contribution in [-0.2, 0) is 83.0 Å². The fourth-order valence-electron chi connectivity index (χ4n) is 10.6. The first-order valence-electron chi connectivity index (χ1n) is 27.7. The van der Waals surface area contributed by atoms with E-state index in [1.165, 1.54) is 35.2 Å². The van der Waals surface area contributed by atoms with Crippen molar-refractivity contribution in [1.82, 2.24) is 24.8 Å². The maximum absolute atomic E-state index is 13.6. The van der Waals surface area contributed by atoms with Crippen LogP contribution < -0.4 is 36.7 Å². The maximum Gasteiger partial charge on any atom is 0.490 e. The molecule has 0 radical (unpaired) electrons. The summed E-state index contributed by atoms with van der Waals surface area (Å²) in [5.41, 5.74) is 5.44. The molecule has 0 spiro atoms. The second kappa shape index (κ2) is 27.4. The Kier molecular flexibility index (Phi) is 21.3. The number of rotatable bonds is 29. The number of nitrogens with two attached hydrogens (primary N) is 1. The van der Waals surface area contributed by atoms with Gasteiger partial charge >= 0.3 is 52.9 Å². The van der Waals surface area contributed by atoms with Crippen LogP contribution in [0.1, 0.15) is 109 Å². The molecule has 39 nitrogen and oxygen atoms in total. The number of aliphatic hydroxyl groups excluding tert-OH is 1. The summed E-state index contributed by atoms with van der Waals surface area (Å²) in [7, 11) is -47.0. The fourth-order valence-corrected chi connectivity index (χ4v) is 19.7. The van der Waals surface area contributed by atoms with E-state index in [2.05, 4.69) is 61.2 Å². The molecule has 14 N–H and O–H groups in total. The van der Waals surface area contributed by atoms with E-state index in [4.69, 9.17) is 15.2 Å². The number of unbranched alkanes of at least 4 members (excludes halogenated alkanes) is 3. The number of nitrogens with one attached hydrogen (secondary N) is 3. The van der Waals surface area contributed by atoms with Crippen molar-refractivity contribution in [3.63, 3.8) is 0 Å². The Hall–Kier alpha value is -5.70. The molecule has 1 amide bonds. The first-order valence-corrected chi connectivity index (χ1v) is 39.9. The number of phosphoric ester groups is 2. The molecule has 6 heterocycles. The number of carbonyl (C=O) groups is 2. The van der Waals surface area contributed by atoms with Crippen LogP contribution in [0.25, 0.3) is 27.9 Å². The first-order chi connectivity index (χ1) is 44.2. The lowest BCUT2D eigenvalue weighted by Gasteiger charge is -2.34. The average Bonchev–Trinajstić information content (AvgIpc) is 0.870. The summed E-state index contributed by atoms with van der Waals surface area (Å²) in [6.07, 6.45) is 1.96. The largest absolute Gasteiger partial charge is 0.748 e. The SMILES string of the molecule is CC1(C)C=C(CS(=O)(=O)[O-])c2cc3c(cc2N1)Oc1cc2c(cc1=C3c1ccc(C(=O)NCCCCCCOP(=O)(O)OP(=O)(O)OP(=O)(O)OP(=O)(O)OP(=O)(O)OP(=O)(O)OC[C@H]3O[C@@H](n4cnc5c(N)ncnc54)C[C@@H]3O)cc1C(=O)O)C(CS(=O)(=O)O)=CC(C)(C)[NH+]=2. The lowest BCUT2D eigenvalue weighted by Crippen LogP contribution is -2.89. The van der Waals surface area contributed by atoms with Crippen LogP contribution in [0, 0.1) is 0 Å². The van der Waals surface area contributed by atoms with Crippen molar-refractivity contribution in [2.75, 3.05) is 42.3 Å². The number of carboxylic acids is 1. The summed E-state index contributed by atoms with van der Waals surface area (Å²) < 4.78 is 187. The number of ether oxygens (including phenoxy) is 2. The molecular formula is C49H60N8O31P6S2. The highest BCUT2D eigenvalue weighted by atomic mass is 32.2. The number of nitrogens with zero attached hydrogens (tertiary/aromatic N) is 4. The number of carboxylic acid groups (broad SMARTS) is 1. The first kappa shape index (κ1) is 74.5. The molecule has 524 valence electrons. The van der Waals surface area contributed by atoms with E-state index in [1.807, 2.05) is 0 Å². The molecule has 9 atom stereocenters. The van der Waals surface area contributed by atoms with Gasteiger partial charge in [0.05, 0.1) is 64.2 Å². The van der Waals surface area contributed by atoms with Crippen LogP contribution in [0.15, 0.2) is 67.3 Å². The Balaban J connectivity index is 0.780. The van der Waals surface area contributed by atoms with E-state index in [9.17, 15) is 102 Å². The van der Waals surface area contributed by atoms with Crippen molar-refractivity contribution in [1.29, 1.82) is 0 Å². The number of imidazole rings is 1. The Labute approximate surface area is 542 Å². The standard InChI is InChI=1S/C49H60N8O31P6S2/c1-48(2)19-27(22-95(74,75)76)30-14-33-38(16-35(30)55-48)82-39-17-36-31(28(23-96(77,78)79)20-49(3,4)56-36)15-34(39)42(33)29-10-9-26(13-32(29)47(60)61)46(59)51-11-7-5-6-8-12-80-89(62,63)84-91(66,67)86-93(70,71)88-94(72,73)87-92(68,69)85-90(64,65)81-21-40-37(58)18-41(83-40)57-25-54-43-44(50)52-24-53-45(43)57/h9-10,13-17,19-20,24-25,37,40-41,55,58H,5-8,11-12,18,21-23H2,1-4H3,(H,51,59)(H,60,61)(H,62,63)(H,64,65)(H,66,67)(H,68,69)(H,70,71)(H,72,73)(H2,50,52,53)(H,74,75,76)(H,77,78,79)/t37-,40+,41+/m0/s1. The van der Waals surface area contributed by atoms with Crippen LogP contribution in [-0.4, -0.2) is 151 Å². The van der Waals surface area contributed by atoms with Crippen molar-refractivity contribution in [3.05, 3.63) is 111 Å². The number of anilines is 2. The maximum atomic E-state index is 13.6. The van der Waals surface area contributed by atoms with Crippen LogP contribution in [0.3, 0.4) is 0 Å². The van der Waals surface area contributed by atoms with E-state index >= 15 is 0 Å². The third-order valence-corrected chi connectivity index (χ3v) is 24.7. The van der Waals surface area contributed by atoms with E-state index in [-0.39, 0.29) is 111 Å². The number of nitrogen functional groups attached to an aromatic ring is 1. The molecule has 1 fully saturated rings. The van der Waals surface area contributed by atoms with Crippen molar-refractivity contribution in [2.24, 2.45) is 0 Å². The van der Waals surface area contributed by atoms with Gasteiger partial charge in [-0.05, 0) is 73.7 Å². The summed E-state index contributed by atoms with van der Waals surface area (Å²) in [5.74, 6) is -3.67. The van der Waals surface area contributed by atoms with Gasteiger partial charge in [0, 0.05) is 66.0 Å². The summed E-state index contributed by atoms with van der Waals surface area (Å²) in [5, 5.41) is 27.8. The molecule has 0 bridgehead atoms. The van der Waals surface area contributed by atoms with Crippen molar-refractivity contribution in [2.45, 2.75) is 89.3 Å². The number of amides is 1. The number of aromatic nitrogens is 4. The Bertz CT molecular complexity index is 4760. The minimum absolute atomic E-state index is 0.00431. The predicted molar refractivity (Wildman–Crippen MR) is 327 cm³/mol. The van der Waals surface area contributed by atoms with E-state index in [1.54, 1.807) is 52.0 Å². The normalized spacial score (nSPS) is 21.8. The second-order valence-corrected chi connectivity index (χ2v) is 35.1. The third-order valence-electron chi connectivity index (χ3n) is 14.1. The van der Waals surface area contributed by atoms with E-state index < -0.39 is 139 Å². The third kappa shape index (κ3) is 19.0. The molecule has 47 heteroatoms. The summed E-state index contributed by atoms with van der Waals surface area (Å²) >= 11 is 0. The van der Waals surface area contributed by atoms with Crippen molar-refractivity contribution >= 4 is 118 Å². The number of aromatic carboxylic acids is 1. The number of hydrogen-bond donors (Lipinski definition) is 13. The zero-order valence-electron chi connectivity index (χ0n) is 50.0. The van der Waals surface area contributed by atoms with Crippen LogP contribution in [0.2, 0.25) is 0 Å². The van der Waals surface area contributed by atoms with Gasteiger partial charge < -0.3 is 70.0 Å². The molecular weight excluding hydrogens is 1450 g/mol. The Morgan fingerprint density at radius 2 is 1.38 bits per heavy atom. The van der Waals surface area contributed by atoms with Gasteiger partial charge in [-0.25, -0.2) is 60.5 Å². The zero-order chi connectivity index (χ0) is 70.7. The molecule has 3 aromatic carbocycles. The van der Waals surface area contributed by atoms with E-state index in [0.29, 0.717) is 16.6 Å². The second-order valence-electron chi connectivity index (χ2n) is 22.8. The molecule has 9 rings (SSSR count). The van der Waals surface area contributed by atoms with Crippen molar-refractivity contribution < 1.29 is 148 Å². The van der Waals surface area contributed by atoms with Gasteiger partial charge in [0.2, 0.25) is 5.36 Å². The number of fused-ring (bicyclic) bond motifs is 5. The number of phosphoric acid groups is 6. The van der Waals surface area contributed by atoms with Gasteiger partial charge in [0.15, 0.2) is 17.0 Å². The molecule has 4 aliphatic heterocycles. The summed E-state index contributed by atoms with van der Waals surface area (Å²) in [6, 6.07) is 9.94. The molecule has 1 saturated heterocycles. The van der Waals surface area contributed by atoms with Gasteiger partial charge in [-0.15, -0.1) is 0 Å². The van der Waals surface area contributed by atoms with Gasteiger partial charge in [-0.3, -0.25) is 23.0 Å². The van der Waals surface area contributed by atoms with Gasteiger partial charge in [0.25, 0.3) is 16.0 Å². The quantitative estimate of drug-likeness (QED) is 0.0182. The van der Waals surface area contributed by atoms with Crippen LogP contribution >= 0.6 is 46.9 Å². The highest BCUT2D eigenvalue weighted by Crippen LogP contribution is 2.75. The zero-order valence-corrected chi connectivity index (χ0v) is 57.0. The van der Waals surface area contributed by atoms with E-state index in [0.717, 1.165) is 12.4 Å².